The molecule has 3 aromatic heterocycles. The van der Waals surface area contributed by atoms with Crippen molar-refractivity contribution in [3.63, 3.8) is 0 Å². The lowest BCUT2D eigenvalue weighted by atomic mass is 10.3. The highest BCUT2D eigenvalue weighted by Gasteiger charge is 2.28. The Hall–Kier alpha value is -3.34. The van der Waals surface area contributed by atoms with Crippen molar-refractivity contribution in [3.8, 4) is 11.5 Å². The topological polar surface area (TPSA) is 67.1 Å². The Morgan fingerprint density at radius 2 is 1.39 bits per heavy atom. The van der Waals surface area contributed by atoms with Gasteiger partial charge in [0.25, 0.3) is 0 Å². The van der Waals surface area contributed by atoms with Crippen molar-refractivity contribution in [2.75, 3.05) is 43.0 Å². The third kappa shape index (κ3) is 4.71. The van der Waals surface area contributed by atoms with Crippen LogP contribution in [0.1, 0.15) is 19.6 Å². The van der Waals surface area contributed by atoms with Crippen LogP contribution in [0.5, 0.6) is 11.5 Å². The number of ether oxygens (including phenoxy) is 2. The summed E-state index contributed by atoms with van der Waals surface area (Å²) in [6.07, 6.45) is 1.72. The zero-order valence-corrected chi connectivity index (χ0v) is 21.8. The summed E-state index contributed by atoms with van der Waals surface area (Å²) < 4.78 is 19.3. The second kappa shape index (κ2) is 9.96. The molecule has 4 heterocycles. The van der Waals surface area contributed by atoms with E-state index in [1.807, 2.05) is 50.2 Å². The van der Waals surface area contributed by atoms with E-state index in [1.165, 1.54) is 0 Å². The van der Waals surface area contributed by atoms with E-state index in [2.05, 4.69) is 26.8 Å². The molecule has 10 heteroatoms. The van der Waals surface area contributed by atoms with Gasteiger partial charge in [-0.15, -0.1) is 0 Å². The standard InChI is InChI=1S/C26H27N5O3S2/c1-3-32-18-7-9-21-23(12-18)35-25(27-21)30-15-29(14-20-6-5-11-34-20)16-31(17-30)26-28-22-10-8-19(33-4-2)13-24(22)36-26/h5-13H,3-4,14-17H2,1-2H3. The van der Waals surface area contributed by atoms with Gasteiger partial charge in [0.05, 0.1) is 66.5 Å². The van der Waals surface area contributed by atoms with E-state index in [0.29, 0.717) is 26.4 Å². The van der Waals surface area contributed by atoms with Gasteiger partial charge in [-0.05, 0) is 62.4 Å². The van der Waals surface area contributed by atoms with Crippen LogP contribution >= 0.6 is 22.7 Å². The number of hydrogen-bond acceptors (Lipinski definition) is 10. The molecule has 2 aromatic carbocycles. The van der Waals surface area contributed by atoms with Crippen molar-refractivity contribution in [3.05, 3.63) is 60.6 Å². The second-order valence-electron chi connectivity index (χ2n) is 8.53. The number of benzene rings is 2. The van der Waals surface area contributed by atoms with E-state index in [-0.39, 0.29) is 0 Å². The Bertz CT molecular complexity index is 1370. The third-order valence-corrected chi connectivity index (χ3v) is 8.06. The summed E-state index contributed by atoms with van der Waals surface area (Å²) >= 11 is 3.38. The number of thiazole rings is 2. The van der Waals surface area contributed by atoms with Crippen LogP contribution in [0.2, 0.25) is 0 Å². The number of anilines is 2. The highest BCUT2D eigenvalue weighted by atomic mass is 32.1. The predicted octanol–water partition coefficient (Wildman–Crippen LogP) is 6.00. The molecule has 5 aromatic rings. The van der Waals surface area contributed by atoms with Gasteiger partial charge in [-0.3, -0.25) is 4.90 Å². The number of fused-ring (bicyclic) bond motifs is 2. The Kier molecular flexibility index (Phi) is 6.39. The number of furan rings is 1. The second-order valence-corrected chi connectivity index (χ2v) is 10.5. The normalized spacial score (nSPS) is 14.7. The summed E-state index contributed by atoms with van der Waals surface area (Å²) in [4.78, 5) is 16.8. The van der Waals surface area contributed by atoms with Gasteiger partial charge in [-0.1, -0.05) is 22.7 Å². The minimum atomic E-state index is 0.647. The molecular weight excluding hydrogens is 494 g/mol. The lowest BCUT2D eigenvalue weighted by molar-refractivity contribution is 0.216. The Balaban J connectivity index is 1.31. The van der Waals surface area contributed by atoms with Gasteiger partial charge in [0.15, 0.2) is 10.3 Å². The smallest absolute Gasteiger partial charge is 0.188 e. The largest absolute Gasteiger partial charge is 0.494 e. The van der Waals surface area contributed by atoms with Crippen molar-refractivity contribution >= 4 is 53.4 Å². The van der Waals surface area contributed by atoms with Crippen LogP contribution in [0.25, 0.3) is 20.4 Å². The molecular formula is C26H27N5O3S2. The molecule has 0 amide bonds. The van der Waals surface area contributed by atoms with Gasteiger partial charge < -0.3 is 23.7 Å². The lowest BCUT2D eigenvalue weighted by Crippen LogP contribution is -2.55. The Morgan fingerprint density at radius 3 is 1.89 bits per heavy atom. The minimum absolute atomic E-state index is 0.647. The van der Waals surface area contributed by atoms with Crippen LogP contribution in [0.4, 0.5) is 10.3 Å². The van der Waals surface area contributed by atoms with Crippen LogP contribution in [-0.2, 0) is 6.54 Å². The van der Waals surface area contributed by atoms with E-state index >= 15 is 0 Å². The molecule has 8 nitrogen and oxygen atoms in total. The fourth-order valence-corrected chi connectivity index (χ4v) is 6.31. The highest BCUT2D eigenvalue weighted by molar-refractivity contribution is 7.22. The highest BCUT2D eigenvalue weighted by Crippen LogP contribution is 2.36. The van der Waals surface area contributed by atoms with E-state index in [4.69, 9.17) is 23.9 Å². The Morgan fingerprint density at radius 1 is 0.806 bits per heavy atom. The first kappa shape index (κ1) is 23.1. The molecule has 1 aliphatic rings. The number of rotatable bonds is 8. The zero-order chi connectivity index (χ0) is 24.5. The van der Waals surface area contributed by atoms with Gasteiger partial charge in [-0.25, -0.2) is 9.97 Å². The first-order chi connectivity index (χ1) is 17.7. The lowest BCUT2D eigenvalue weighted by Gasteiger charge is -2.41. The molecule has 0 spiro atoms. The summed E-state index contributed by atoms with van der Waals surface area (Å²) in [7, 11) is 0. The molecule has 0 aliphatic carbocycles. The van der Waals surface area contributed by atoms with E-state index in [9.17, 15) is 0 Å². The molecule has 0 radical (unpaired) electrons. The van der Waals surface area contributed by atoms with Crippen LogP contribution in [0, 0.1) is 0 Å². The quantitative estimate of drug-likeness (QED) is 0.246. The van der Waals surface area contributed by atoms with Gasteiger partial charge in [-0.2, -0.15) is 0 Å². The van der Waals surface area contributed by atoms with Crippen LogP contribution < -0.4 is 19.3 Å². The molecule has 186 valence electrons. The van der Waals surface area contributed by atoms with Crippen LogP contribution in [0.3, 0.4) is 0 Å². The van der Waals surface area contributed by atoms with E-state index < -0.39 is 0 Å². The fraction of sp³-hybridized carbons (Fsp3) is 0.308. The molecule has 36 heavy (non-hydrogen) atoms. The average molecular weight is 522 g/mol. The van der Waals surface area contributed by atoms with Crippen molar-refractivity contribution < 1.29 is 13.9 Å². The third-order valence-electron chi connectivity index (χ3n) is 5.90. The SMILES string of the molecule is CCOc1ccc2nc(N3CN(Cc4ccco4)CN(c4nc5ccc(OCC)cc5s4)C3)sc2c1. The van der Waals surface area contributed by atoms with Crippen LogP contribution in [0.15, 0.2) is 59.2 Å². The summed E-state index contributed by atoms with van der Waals surface area (Å²) in [5.41, 5.74) is 1.97. The first-order valence-electron chi connectivity index (χ1n) is 12.0. The van der Waals surface area contributed by atoms with Crippen molar-refractivity contribution in [1.82, 2.24) is 14.9 Å². The number of aromatic nitrogens is 2. The molecule has 0 bridgehead atoms. The van der Waals surface area contributed by atoms with E-state index in [1.54, 1.807) is 28.9 Å². The first-order valence-corrected chi connectivity index (χ1v) is 13.6. The van der Waals surface area contributed by atoms with Crippen LogP contribution in [-0.4, -0.2) is 48.1 Å². The Labute approximate surface area is 217 Å². The summed E-state index contributed by atoms with van der Waals surface area (Å²) in [5.74, 6) is 2.69. The molecule has 0 saturated carbocycles. The maximum absolute atomic E-state index is 5.69. The zero-order valence-electron chi connectivity index (χ0n) is 20.2. The van der Waals surface area contributed by atoms with Gasteiger partial charge >= 0.3 is 0 Å². The molecule has 1 saturated heterocycles. The molecule has 0 unspecified atom stereocenters. The van der Waals surface area contributed by atoms with Gasteiger partial charge in [0, 0.05) is 0 Å². The van der Waals surface area contributed by atoms with Crippen molar-refractivity contribution in [2.24, 2.45) is 0 Å². The monoisotopic (exact) mass is 521 g/mol. The van der Waals surface area contributed by atoms with E-state index in [0.717, 1.165) is 61.3 Å². The number of nitrogens with zero attached hydrogens (tertiary/aromatic N) is 5. The summed E-state index contributed by atoms with van der Waals surface area (Å²) in [6.45, 7) is 8.19. The minimum Gasteiger partial charge on any atom is -0.494 e. The van der Waals surface area contributed by atoms with Crippen molar-refractivity contribution in [2.45, 2.75) is 20.4 Å². The molecule has 6 rings (SSSR count). The molecule has 1 fully saturated rings. The average Bonchev–Trinajstić information content (AvgIpc) is 3.63. The maximum atomic E-state index is 5.69. The predicted molar refractivity (Wildman–Crippen MR) is 145 cm³/mol. The molecule has 0 atom stereocenters. The summed E-state index contributed by atoms with van der Waals surface area (Å²) in [6, 6.07) is 16.1. The number of hydrogen-bond donors (Lipinski definition) is 0. The maximum Gasteiger partial charge on any atom is 0.188 e. The fourth-order valence-electron chi connectivity index (χ4n) is 4.36. The molecule has 1 aliphatic heterocycles. The van der Waals surface area contributed by atoms with Crippen molar-refractivity contribution in [1.29, 1.82) is 0 Å². The van der Waals surface area contributed by atoms with Gasteiger partial charge in [0.1, 0.15) is 17.3 Å². The molecule has 0 N–H and O–H groups in total. The summed E-state index contributed by atoms with van der Waals surface area (Å²) in [5, 5.41) is 1.96. The van der Waals surface area contributed by atoms with Gasteiger partial charge in [0.2, 0.25) is 0 Å².